The second kappa shape index (κ2) is 8.11. The molecule has 2 aromatic carbocycles. The van der Waals surface area contributed by atoms with Crippen molar-refractivity contribution in [1.82, 2.24) is 0 Å². The van der Waals surface area contributed by atoms with Gasteiger partial charge in [-0.1, -0.05) is 35.5 Å². The van der Waals surface area contributed by atoms with Crippen molar-refractivity contribution in [3.05, 3.63) is 65.7 Å². The van der Waals surface area contributed by atoms with Crippen LogP contribution in [0.1, 0.15) is 15.9 Å². The SMILES string of the molecule is CN(C(=O)c1ccc(CON=C(C#N)C#N)cc1)c1ccccc1. The summed E-state index contributed by atoms with van der Waals surface area (Å²) >= 11 is 0. The number of nitriles is 2. The molecule has 0 radical (unpaired) electrons. The molecule has 118 valence electrons. The molecule has 0 aliphatic carbocycles. The third-order valence-electron chi connectivity index (χ3n) is 3.25. The molecule has 0 saturated carbocycles. The number of rotatable bonds is 5. The van der Waals surface area contributed by atoms with Crippen LogP contribution in [0, 0.1) is 22.7 Å². The molecule has 0 heterocycles. The fraction of sp³-hybridized carbons (Fsp3) is 0.111. The average Bonchev–Trinajstić information content (AvgIpc) is 2.65. The first-order valence-corrected chi connectivity index (χ1v) is 7.08. The third-order valence-corrected chi connectivity index (χ3v) is 3.25. The number of hydrogen-bond donors (Lipinski definition) is 0. The number of carbonyl (C=O) groups is 1. The number of anilines is 1. The number of amides is 1. The second-order valence-electron chi connectivity index (χ2n) is 4.83. The van der Waals surface area contributed by atoms with Crippen molar-refractivity contribution in [1.29, 1.82) is 10.5 Å². The summed E-state index contributed by atoms with van der Waals surface area (Å²) in [5.74, 6) is -0.122. The second-order valence-corrected chi connectivity index (χ2v) is 4.83. The fourth-order valence-electron chi connectivity index (χ4n) is 1.94. The highest BCUT2D eigenvalue weighted by Crippen LogP contribution is 2.15. The number of para-hydroxylation sites is 1. The Morgan fingerprint density at radius 1 is 1.08 bits per heavy atom. The molecule has 0 atom stereocenters. The van der Waals surface area contributed by atoms with E-state index in [1.807, 2.05) is 30.3 Å². The minimum atomic E-state index is -0.341. The van der Waals surface area contributed by atoms with Crippen LogP contribution in [0.4, 0.5) is 5.69 Å². The van der Waals surface area contributed by atoms with Crippen LogP contribution in [-0.2, 0) is 11.4 Å². The van der Waals surface area contributed by atoms with Crippen LogP contribution in [0.2, 0.25) is 0 Å². The standard InChI is InChI=1S/C18H14N4O2/c1-22(17-5-3-2-4-6-17)18(23)15-9-7-14(8-10-15)13-24-21-16(11-19)12-20/h2-10H,13H2,1H3. The monoisotopic (exact) mass is 318 g/mol. The van der Waals surface area contributed by atoms with Gasteiger partial charge >= 0.3 is 0 Å². The van der Waals surface area contributed by atoms with Gasteiger partial charge in [-0.2, -0.15) is 10.5 Å². The summed E-state index contributed by atoms with van der Waals surface area (Å²) in [6.07, 6.45) is 0. The molecule has 2 rings (SSSR count). The van der Waals surface area contributed by atoms with Crippen LogP contribution in [0.25, 0.3) is 0 Å². The van der Waals surface area contributed by atoms with E-state index in [1.54, 1.807) is 48.4 Å². The lowest BCUT2D eigenvalue weighted by molar-refractivity contribution is 0.0992. The highest BCUT2D eigenvalue weighted by Gasteiger charge is 2.12. The molecule has 0 aromatic heterocycles. The lowest BCUT2D eigenvalue weighted by Crippen LogP contribution is -2.26. The third kappa shape index (κ3) is 4.19. The molecule has 0 N–H and O–H groups in total. The summed E-state index contributed by atoms with van der Waals surface area (Å²) in [7, 11) is 1.72. The predicted octanol–water partition coefficient (Wildman–Crippen LogP) is 2.88. The summed E-state index contributed by atoms with van der Waals surface area (Å²) in [4.78, 5) is 18.9. The van der Waals surface area contributed by atoms with Crippen LogP contribution in [0.15, 0.2) is 59.8 Å². The topological polar surface area (TPSA) is 89.5 Å². The Balaban J connectivity index is 2.02. The number of oxime groups is 1. The van der Waals surface area contributed by atoms with Gasteiger partial charge in [0, 0.05) is 18.3 Å². The van der Waals surface area contributed by atoms with Crippen molar-refractivity contribution in [3.8, 4) is 12.1 Å². The summed E-state index contributed by atoms with van der Waals surface area (Å²) < 4.78 is 0. The van der Waals surface area contributed by atoms with E-state index in [0.717, 1.165) is 11.3 Å². The van der Waals surface area contributed by atoms with Gasteiger partial charge in [-0.05, 0) is 29.8 Å². The smallest absolute Gasteiger partial charge is 0.258 e. The zero-order valence-electron chi connectivity index (χ0n) is 13.0. The Morgan fingerprint density at radius 3 is 2.29 bits per heavy atom. The molecular formula is C18H14N4O2. The van der Waals surface area contributed by atoms with Crippen LogP contribution < -0.4 is 4.90 Å². The van der Waals surface area contributed by atoms with Gasteiger partial charge in [0.25, 0.3) is 11.6 Å². The largest absolute Gasteiger partial charge is 0.389 e. The molecule has 1 amide bonds. The predicted molar refractivity (Wildman–Crippen MR) is 89.1 cm³/mol. The van der Waals surface area contributed by atoms with Crippen LogP contribution >= 0.6 is 0 Å². The lowest BCUT2D eigenvalue weighted by atomic mass is 10.1. The van der Waals surface area contributed by atoms with Crippen molar-refractivity contribution in [3.63, 3.8) is 0 Å². The average molecular weight is 318 g/mol. The molecule has 6 heteroatoms. The van der Waals surface area contributed by atoms with Crippen LogP contribution in [-0.4, -0.2) is 18.7 Å². The summed E-state index contributed by atoms with van der Waals surface area (Å²) in [6, 6.07) is 19.4. The molecule has 6 nitrogen and oxygen atoms in total. The maximum atomic E-state index is 12.4. The zero-order chi connectivity index (χ0) is 17.4. The van der Waals surface area contributed by atoms with E-state index in [1.165, 1.54) is 0 Å². The molecule has 0 fully saturated rings. The van der Waals surface area contributed by atoms with E-state index in [-0.39, 0.29) is 18.2 Å². The van der Waals surface area contributed by atoms with Crippen molar-refractivity contribution in [2.75, 3.05) is 11.9 Å². The van der Waals surface area contributed by atoms with Gasteiger partial charge < -0.3 is 9.74 Å². The molecule has 2 aromatic rings. The maximum absolute atomic E-state index is 12.4. The first-order chi connectivity index (χ1) is 11.7. The number of hydrogen-bond acceptors (Lipinski definition) is 5. The van der Waals surface area contributed by atoms with Crippen molar-refractivity contribution >= 4 is 17.3 Å². The summed E-state index contributed by atoms with van der Waals surface area (Å²) in [6.45, 7) is 0.107. The van der Waals surface area contributed by atoms with E-state index in [9.17, 15) is 4.79 Å². The quantitative estimate of drug-likeness (QED) is 0.626. The van der Waals surface area contributed by atoms with Gasteiger partial charge in [0.2, 0.25) is 0 Å². The molecule has 0 unspecified atom stereocenters. The maximum Gasteiger partial charge on any atom is 0.258 e. The first-order valence-electron chi connectivity index (χ1n) is 7.08. The number of carbonyl (C=O) groups excluding carboxylic acids is 1. The number of nitrogens with zero attached hydrogens (tertiary/aromatic N) is 4. The Kier molecular flexibility index (Phi) is 5.65. The lowest BCUT2D eigenvalue weighted by Gasteiger charge is -2.17. The van der Waals surface area contributed by atoms with Crippen molar-refractivity contribution < 1.29 is 9.63 Å². The minimum absolute atomic E-state index is 0.107. The van der Waals surface area contributed by atoms with Gasteiger partial charge in [-0.25, -0.2) is 0 Å². The normalized spacial score (nSPS) is 9.29. The molecule has 0 bridgehead atoms. The van der Waals surface area contributed by atoms with Crippen LogP contribution in [0.5, 0.6) is 0 Å². The first kappa shape index (κ1) is 16.7. The molecular weight excluding hydrogens is 304 g/mol. The molecule has 24 heavy (non-hydrogen) atoms. The Hall–Kier alpha value is -3.64. The van der Waals surface area contributed by atoms with Gasteiger partial charge in [-0.15, -0.1) is 0 Å². The van der Waals surface area contributed by atoms with Gasteiger partial charge in [0.15, 0.2) is 0 Å². The minimum Gasteiger partial charge on any atom is -0.389 e. The highest BCUT2D eigenvalue weighted by molar-refractivity contribution is 6.09. The molecule has 0 aliphatic rings. The Morgan fingerprint density at radius 2 is 1.71 bits per heavy atom. The molecule has 0 saturated heterocycles. The summed E-state index contributed by atoms with van der Waals surface area (Å²) in [5.41, 5.74) is 1.78. The van der Waals surface area contributed by atoms with Crippen molar-refractivity contribution in [2.24, 2.45) is 5.16 Å². The molecule has 0 aliphatic heterocycles. The van der Waals surface area contributed by atoms with Crippen LogP contribution in [0.3, 0.4) is 0 Å². The Bertz CT molecular complexity index is 799. The fourth-order valence-corrected chi connectivity index (χ4v) is 1.94. The van der Waals surface area contributed by atoms with Gasteiger partial charge in [0.1, 0.15) is 18.7 Å². The van der Waals surface area contributed by atoms with Crippen molar-refractivity contribution in [2.45, 2.75) is 6.61 Å². The molecule has 0 spiro atoms. The van der Waals surface area contributed by atoms with Gasteiger partial charge in [-0.3, -0.25) is 4.79 Å². The van der Waals surface area contributed by atoms with E-state index in [2.05, 4.69) is 5.16 Å². The van der Waals surface area contributed by atoms with E-state index >= 15 is 0 Å². The number of benzene rings is 2. The Labute approximate surface area is 139 Å². The highest BCUT2D eigenvalue weighted by atomic mass is 16.6. The zero-order valence-corrected chi connectivity index (χ0v) is 13.0. The van der Waals surface area contributed by atoms with E-state index in [4.69, 9.17) is 15.4 Å². The van der Waals surface area contributed by atoms with Gasteiger partial charge in [0.05, 0.1) is 0 Å². The van der Waals surface area contributed by atoms with E-state index in [0.29, 0.717) is 5.56 Å². The van der Waals surface area contributed by atoms with E-state index < -0.39 is 0 Å². The summed E-state index contributed by atoms with van der Waals surface area (Å²) in [5, 5.41) is 20.5.